The zero-order chi connectivity index (χ0) is 27.6. The van der Waals surface area contributed by atoms with Crippen LogP contribution in [0.5, 0.6) is 5.75 Å². The van der Waals surface area contributed by atoms with Gasteiger partial charge in [-0.25, -0.2) is 0 Å². The van der Waals surface area contributed by atoms with Crippen molar-refractivity contribution >= 4 is 34.6 Å². The van der Waals surface area contributed by atoms with Crippen molar-refractivity contribution in [3.05, 3.63) is 58.1 Å². The first kappa shape index (κ1) is 28.6. The number of nitrogens with one attached hydrogen (secondary N) is 1. The van der Waals surface area contributed by atoms with Crippen molar-refractivity contribution in [1.82, 2.24) is 4.72 Å². The molecule has 4 atom stereocenters. The van der Waals surface area contributed by atoms with Crippen LogP contribution in [0.15, 0.2) is 36.4 Å². The van der Waals surface area contributed by atoms with E-state index in [-0.39, 0.29) is 16.6 Å². The molecule has 0 aromatic heterocycles. The van der Waals surface area contributed by atoms with E-state index in [1.165, 1.54) is 49.7 Å². The van der Waals surface area contributed by atoms with Crippen molar-refractivity contribution in [1.29, 1.82) is 0 Å². The van der Waals surface area contributed by atoms with Crippen LogP contribution in [0.4, 0.5) is 5.69 Å². The van der Waals surface area contributed by atoms with E-state index < -0.39 is 11.4 Å². The Bertz CT molecular complexity index is 1170. The van der Waals surface area contributed by atoms with Crippen LogP contribution in [0.25, 0.3) is 0 Å². The zero-order valence-electron chi connectivity index (χ0n) is 23.6. The van der Waals surface area contributed by atoms with E-state index in [0.29, 0.717) is 18.1 Å². The highest BCUT2D eigenvalue weighted by Crippen LogP contribution is 2.46. The molecular formula is C32H43ClN2O3S. The summed E-state index contributed by atoms with van der Waals surface area (Å²) in [4.78, 5) is 15.6. The Morgan fingerprint density at radius 3 is 2.77 bits per heavy atom. The van der Waals surface area contributed by atoms with E-state index in [4.69, 9.17) is 16.3 Å². The Labute approximate surface area is 242 Å². The Morgan fingerprint density at radius 1 is 1.21 bits per heavy atom. The number of hydrogen-bond donors (Lipinski definition) is 1. The van der Waals surface area contributed by atoms with Crippen LogP contribution in [0.1, 0.15) is 93.6 Å². The molecule has 1 amide bonds. The molecule has 3 aliphatic rings. The number of amides is 1. The Kier molecular flexibility index (Phi) is 9.04. The van der Waals surface area contributed by atoms with Crippen molar-refractivity contribution < 1.29 is 14.1 Å². The van der Waals surface area contributed by atoms with Gasteiger partial charge in [0.15, 0.2) is 0 Å². The second-order valence-electron chi connectivity index (χ2n) is 12.2. The highest BCUT2D eigenvalue weighted by atomic mass is 35.5. The number of ether oxygens (including phenoxy) is 1. The maximum Gasteiger partial charge on any atom is 0.292 e. The average molecular weight is 571 g/mol. The minimum absolute atomic E-state index is 0.125. The predicted molar refractivity (Wildman–Crippen MR) is 161 cm³/mol. The van der Waals surface area contributed by atoms with E-state index in [0.717, 1.165) is 54.7 Å². The van der Waals surface area contributed by atoms with Crippen LogP contribution in [0.2, 0.25) is 5.02 Å². The first-order valence-corrected chi connectivity index (χ1v) is 16.4. The number of rotatable bonds is 9. The van der Waals surface area contributed by atoms with E-state index >= 15 is 0 Å². The van der Waals surface area contributed by atoms with Gasteiger partial charge in [-0.15, -0.1) is 0 Å². The van der Waals surface area contributed by atoms with Gasteiger partial charge in [0.2, 0.25) is 0 Å². The third-order valence-corrected chi connectivity index (χ3v) is 10.6. The van der Waals surface area contributed by atoms with Crippen molar-refractivity contribution in [3.8, 4) is 5.75 Å². The van der Waals surface area contributed by atoms with Crippen LogP contribution in [-0.2, 0) is 23.2 Å². The number of anilines is 1. The fourth-order valence-electron chi connectivity index (χ4n) is 6.72. The van der Waals surface area contributed by atoms with Crippen molar-refractivity contribution in [3.63, 3.8) is 0 Å². The molecule has 0 bridgehead atoms. The summed E-state index contributed by atoms with van der Waals surface area (Å²) < 4.78 is 21.6. The number of halogens is 1. The molecule has 2 aromatic rings. The predicted octanol–water partition coefficient (Wildman–Crippen LogP) is 7.22. The van der Waals surface area contributed by atoms with E-state index in [1.807, 2.05) is 32.0 Å². The van der Waals surface area contributed by atoms with Crippen LogP contribution in [0.3, 0.4) is 0 Å². The normalized spacial score (nSPS) is 24.8. The zero-order valence-corrected chi connectivity index (χ0v) is 25.2. The highest BCUT2D eigenvalue weighted by Gasteiger charge is 2.43. The number of unbranched alkanes of at least 4 members (excludes halogenated alkanes) is 2. The number of carbonyl (C=O) groups is 1. The average Bonchev–Trinajstić information content (AvgIpc) is 3.06. The molecule has 1 N–H and O–H groups in total. The van der Waals surface area contributed by atoms with Gasteiger partial charge < -0.3 is 14.2 Å². The number of fused-ring (bicyclic) bond motifs is 3. The summed E-state index contributed by atoms with van der Waals surface area (Å²) in [6, 6.07) is 12.0. The molecule has 1 fully saturated rings. The van der Waals surface area contributed by atoms with Gasteiger partial charge in [0.1, 0.15) is 11.0 Å². The Balaban J connectivity index is 1.47. The lowest BCUT2D eigenvalue weighted by Gasteiger charge is -2.44. The molecule has 2 aromatic carbocycles. The van der Waals surface area contributed by atoms with E-state index in [1.54, 1.807) is 6.07 Å². The molecule has 1 spiro atoms. The van der Waals surface area contributed by atoms with Crippen LogP contribution >= 0.6 is 11.6 Å². The molecule has 5 rings (SSSR count). The molecule has 1 saturated carbocycles. The summed E-state index contributed by atoms with van der Waals surface area (Å²) in [5.74, 6) is 1.96. The van der Waals surface area contributed by atoms with Gasteiger partial charge in [0.25, 0.3) is 5.91 Å². The lowest BCUT2D eigenvalue weighted by atomic mass is 9.68. The number of benzene rings is 2. The van der Waals surface area contributed by atoms with Gasteiger partial charge in [-0.1, -0.05) is 50.3 Å². The largest absolute Gasteiger partial charge is 0.593 e. The molecule has 0 saturated heterocycles. The van der Waals surface area contributed by atoms with E-state index in [2.05, 4.69) is 28.7 Å². The number of aryl methyl sites for hydroxylation is 1. The second-order valence-corrected chi connectivity index (χ2v) is 14.3. The lowest BCUT2D eigenvalue weighted by molar-refractivity contribution is 0.0981. The quantitative estimate of drug-likeness (QED) is 0.255. The molecule has 2 aliphatic carbocycles. The first-order valence-electron chi connectivity index (χ1n) is 14.8. The van der Waals surface area contributed by atoms with Gasteiger partial charge in [0.05, 0.1) is 23.7 Å². The molecule has 0 radical (unpaired) electrons. The van der Waals surface area contributed by atoms with Gasteiger partial charge in [-0.05, 0) is 99.2 Å². The summed E-state index contributed by atoms with van der Waals surface area (Å²) in [6.45, 7) is 8.39. The molecule has 39 heavy (non-hydrogen) atoms. The van der Waals surface area contributed by atoms with Gasteiger partial charge >= 0.3 is 0 Å². The van der Waals surface area contributed by atoms with Gasteiger partial charge in [-0.3, -0.25) is 4.79 Å². The standard InChI is InChI=1S/C32H43ClN2O3S/c1-4-5-6-8-23-10-11-26(23)19-35-20-32(16-7-9-24-17-27(33)13-14-28(24)32)21-38-30-15-12-25(18-29(30)35)31(36)34-39(37)22(2)3/h12-15,17-18,22-23,26H,4-11,16,19-21H2,1-3H3,(H,34,36)/t23?,26?,32-,39?/m0/s1. The van der Waals surface area contributed by atoms with Crippen molar-refractivity contribution in [2.24, 2.45) is 11.8 Å². The molecule has 3 unspecified atom stereocenters. The number of carbonyl (C=O) groups excluding carboxylic acids is 1. The fraction of sp³-hybridized carbons (Fsp3) is 0.594. The molecule has 7 heteroatoms. The summed E-state index contributed by atoms with van der Waals surface area (Å²) in [6.07, 6.45) is 11.0. The summed E-state index contributed by atoms with van der Waals surface area (Å²) in [5.41, 5.74) is 4.07. The molecule has 5 nitrogen and oxygen atoms in total. The SMILES string of the molecule is CCCCCC1CCC1CN1C[C@@]2(CCCc3cc(Cl)ccc32)COc2ccc(C(=O)N[S+]([O-])C(C)C)cc21. The van der Waals surface area contributed by atoms with Crippen LogP contribution in [0, 0.1) is 11.8 Å². The van der Waals surface area contributed by atoms with Gasteiger partial charge in [-0.2, -0.15) is 4.72 Å². The summed E-state index contributed by atoms with van der Waals surface area (Å²) >= 11 is 4.98. The lowest BCUT2D eigenvalue weighted by Crippen LogP contribution is -2.48. The third-order valence-electron chi connectivity index (χ3n) is 9.13. The Hall–Kier alpha value is -1.89. The van der Waals surface area contributed by atoms with E-state index in [9.17, 15) is 9.35 Å². The number of nitrogens with zero attached hydrogens (tertiary/aromatic N) is 1. The maximum atomic E-state index is 13.0. The van der Waals surface area contributed by atoms with Crippen LogP contribution < -0.4 is 14.4 Å². The molecule has 212 valence electrons. The second kappa shape index (κ2) is 12.3. The topological polar surface area (TPSA) is 64.6 Å². The summed E-state index contributed by atoms with van der Waals surface area (Å²) in [7, 11) is 0. The van der Waals surface area contributed by atoms with Crippen molar-refractivity contribution in [2.75, 3.05) is 24.6 Å². The van der Waals surface area contributed by atoms with Crippen LogP contribution in [-0.4, -0.2) is 35.4 Å². The van der Waals surface area contributed by atoms with Gasteiger partial charge in [0, 0.05) is 29.1 Å². The first-order chi connectivity index (χ1) is 18.8. The molecule has 1 heterocycles. The minimum Gasteiger partial charge on any atom is -0.593 e. The Morgan fingerprint density at radius 2 is 2.03 bits per heavy atom. The maximum absolute atomic E-state index is 13.0. The summed E-state index contributed by atoms with van der Waals surface area (Å²) in [5, 5.41) is 0.650. The smallest absolute Gasteiger partial charge is 0.292 e. The van der Waals surface area contributed by atoms with Crippen molar-refractivity contribution in [2.45, 2.75) is 89.2 Å². The fourth-order valence-corrected chi connectivity index (χ4v) is 7.45. The molecule has 1 aliphatic heterocycles. The minimum atomic E-state index is -1.42. The highest BCUT2D eigenvalue weighted by molar-refractivity contribution is 7.90. The number of hydrogen-bond acceptors (Lipinski definition) is 4. The third kappa shape index (κ3) is 6.23. The monoisotopic (exact) mass is 570 g/mol. The molecular weight excluding hydrogens is 528 g/mol.